The molecular formula is C12H22N4O3. The van der Waals surface area contributed by atoms with Crippen LogP contribution in [0.5, 0.6) is 0 Å². The number of aromatic nitrogens is 2. The molecule has 0 spiro atoms. The third kappa shape index (κ3) is 5.80. The molecule has 0 aliphatic carbocycles. The van der Waals surface area contributed by atoms with Crippen LogP contribution in [0, 0.1) is 16.0 Å². The Bertz CT molecular complexity index is 405. The lowest BCUT2D eigenvalue weighted by molar-refractivity contribution is -0.385. The molecule has 1 aromatic rings. The van der Waals surface area contributed by atoms with Crippen LogP contribution < -0.4 is 5.32 Å². The second-order valence-corrected chi connectivity index (χ2v) is 5.27. The SMILES string of the molecule is CC(C)CC(C)NCC(O)Cn1cc([N+](=O)[O-])cn1. The smallest absolute Gasteiger partial charge is 0.306 e. The number of aliphatic hydroxyl groups excluding tert-OH is 1. The predicted octanol–water partition coefficient (Wildman–Crippen LogP) is 1.18. The van der Waals surface area contributed by atoms with Crippen molar-refractivity contribution in [3.63, 3.8) is 0 Å². The van der Waals surface area contributed by atoms with Gasteiger partial charge in [-0.3, -0.25) is 14.8 Å². The van der Waals surface area contributed by atoms with Crippen LogP contribution in [0.1, 0.15) is 27.2 Å². The van der Waals surface area contributed by atoms with Crippen LogP contribution >= 0.6 is 0 Å². The van der Waals surface area contributed by atoms with Gasteiger partial charge in [-0.2, -0.15) is 5.10 Å². The van der Waals surface area contributed by atoms with E-state index in [4.69, 9.17) is 0 Å². The van der Waals surface area contributed by atoms with Gasteiger partial charge in [0.2, 0.25) is 0 Å². The number of rotatable bonds is 8. The summed E-state index contributed by atoms with van der Waals surface area (Å²) in [5.74, 6) is 0.605. The Morgan fingerprint density at radius 1 is 1.53 bits per heavy atom. The van der Waals surface area contributed by atoms with Crippen molar-refractivity contribution >= 4 is 5.69 Å². The topological polar surface area (TPSA) is 93.2 Å². The Morgan fingerprint density at radius 2 is 2.21 bits per heavy atom. The van der Waals surface area contributed by atoms with E-state index < -0.39 is 11.0 Å². The summed E-state index contributed by atoms with van der Waals surface area (Å²) in [5, 5.41) is 27.4. The van der Waals surface area contributed by atoms with Gasteiger partial charge in [0.05, 0.1) is 17.6 Å². The van der Waals surface area contributed by atoms with E-state index in [0.717, 1.165) is 6.42 Å². The van der Waals surface area contributed by atoms with Crippen molar-refractivity contribution in [2.75, 3.05) is 6.54 Å². The second kappa shape index (κ2) is 7.20. The van der Waals surface area contributed by atoms with Gasteiger partial charge in [0.25, 0.3) is 0 Å². The summed E-state index contributed by atoms with van der Waals surface area (Å²) in [6.45, 7) is 7.07. The van der Waals surface area contributed by atoms with Crippen molar-refractivity contribution in [3.05, 3.63) is 22.5 Å². The molecule has 0 amide bonds. The Hall–Kier alpha value is -1.47. The molecule has 0 aliphatic heterocycles. The van der Waals surface area contributed by atoms with Crippen molar-refractivity contribution in [2.24, 2.45) is 5.92 Å². The van der Waals surface area contributed by atoms with Crippen LogP contribution in [-0.4, -0.2) is 38.5 Å². The maximum absolute atomic E-state index is 10.5. The molecule has 2 N–H and O–H groups in total. The molecule has 0 radical (unpaired) electrons. The molecule has 0 aromatic carbocycles. The summed E-state index contributed by atoms with van der Waals surface area (Å²) < 4.78 is 1.39. The first kappa shape index (κ1) is 15.6. The van der Waals surface area contributed by atoms with E-state index >= 15 is 0 Å². The second-order valence-electron chi connectivity index (χ2n) is 5.27. The molecule has 7 nitrogen and oxygen atoms in total. The van der Waals surface area contributed by atoms with Gasteiger partial charge >= 0.3 is 5.69 Å². The molecule has 2 atom stereocenters. The summed E-state index contributed by atoms with van der Waals surface area (Å²) >= 11 is 0. The molecule has 1 aromatic heterocycles. The summed E-state index contributed by atoms with van der Waals surface area (Å²) in [4.78, 5) is 9.99. The highest BCUT2D eigenvalue weighted by molar-refractivity contribution is 5.20. The van der Waals surface area contributed by atoms with Gasteiger partial charge in [-0.05, 0) is 19.3 Å². The average molecular weight is 270 g/mol. The number of nitrogens with zero attached hydrogens (tertiary/aromatic N) is 3. The number of hydrogen-bond acceptors (Lipinski definition) is 5. The van der Waals surface area contributed by atoms with Crippen molar-refractivity contribution in [3.8, 4) is 0 Å². The lowest BCUT2D eigenvalue weighted by Crippen LogP contribution is -2.36. The third-order valence-electron chi connectivity index (χ3n) is 2.76. The summed E-state index contributed by atoms with van der Waals surface area (Å²) in [7, 11) is 0. The van der Waals surface area contributed by atoms with E-state index in [-0.39, 0.29) is 12.2 Å². The first-order chi connectivity index (χ1) is 8.88. The van der Waals surface area contributed by atoms with Gasteiger partial charge in [-0.1, -0.05) is 13.8 Å². The zero-order valence-corrected chi connectivity index (χ0v) is 11.6. The number of nitro groups is 1. The van der Waals surface area contributed by atoms with E-state index in [2.05, 4.69) is 31.2 Å². The van der Waals surface area contributed by atoms with E-state index in [1.165, 1.54) is 17.1 Å². The average Bonchev–Trinajstić information content (AvgIpc) is 2.74. The molecule has 19 heavy (non-hydrogen) atoms. The molecule has 1 rings (SSSR count). The van der Waals surface area contributed by atoms with E-state index in [1.807, 2.05) is 0 Å². The minimum absolute atomic E-state index is 0.0617. The van der Waals surface area contributed by atoms with Crippen molar-refractivity contribution in [1.82, 2.24) is 15.1 Å². The molecule has 7 heteroatoms. The Kier molecular flexibility index (Phi) is 5.91. The highest BCUT2D eigenvalue weighted by Gasteiger charge is 2.13. The van der Waals surface area contributed by atoms with Crippen molar-refractivity contribution < 1.29 is 10.0 Å². The fourth-order valence-electron chi connectivity index (χ4n) is 1.95. The van der Waals surface area contributed by atoms with Crippen LogP contribution in [0.2, 0.25) is 0 Å². The van der Waals surface area contributed by atoms with Gasteiger partial charge in [-0.15, -0.1) is 0 Å². The van der Waals surface area contributed by atoms with Crippen LogP contribution in [0.4, 0.5) is 5.69 Å². The van der Waals surface area contributed by atoms with Crippen molar-refractivity contribution in [2.45, 2.75) is 45.9 Å². The van der Waals surface area contributed by atoms with Crippen LogP contribution in [-0.2, 0) is 6.54 Å². The zero-order chi connectivity index (χ0) is 14.4. The lowest BCUT2D eigenvalue weighted by Gasteiger charge is -2.18. The predicted molar refractivity (Wildman–Crippen MR) is 71.8 cm³/mol. The van der Waals surface area contributed by atoms with Gasteiger partial charge in [0, 0.05) is 12.6 Å². The maximum Gasteiger partial charge on any atom is 0.306 e. The summed E-state index contributed by atoms with van der Waals surface area (Å²) in [6.07, 6.45) is 2.93. The van der Waals surface area contributed by atoms with Crippen LogP contribution in [0.3, 0.4) is 0 Å². The molecule has 0 bridgehead atoms. The first-order valence-electron chi connectivity index (χ1n) is 6.46. The molecule has 1 heterocycles. The monoisotopic (exact) mass is 270 g/mol. The Balaban J connectivity index is 2.34. The standard InChI is InChI=1S/C12H22N4O3/c1-9(2)4-10(3)13-6-12(17)8-15-7-11(5-14-15)16(18)19/h5,7,9-10,12-13,17H,4,6,8H2,1-3H3. The molecule has 2 unspecified atom stereocenters. The molecule has 108 valence electrons. The van der Waals surface area contributed by atoms with Gasteiger partial charge in [-0.25, -0.2) is 0 Å². The van der Waals surface area contributed by atoms with Gasteiger partial charge in [0.1, 0.15) is 12.4 Å². The largest absolute Gasteiger partial charge is 0.390 e. The minimum Gasteiger partial charge on any atom is -0.390 e. The number of nitrogens with one attached hydrogen (secondary N) is 1. The fourth-order valence-corrected chi connectivity index (χ4v) is 1.95. The Morgan fingerprint density at radius 3 is 2.74 bits per heavy atom. The van der Waals surface area contributed by atoms with Gasteiger partial charge < -0.3 is 10.4 Å². The number of aliphatic hydroxyl groups is 1. The molecule has 0 aliphatic rings. The van der Waals surface area contributed by atoms with E-state index in [1.54, 1.807) is 0 Å². The maximum atomic E-state index is 10.5. The van der Waals surface area contributed by atoms with Crippen molar-refractivity contribution in [1.29, 1.82) is 0 Å². The van der Waals surface area contributed by atoms with E-state index in [9.17, 15) is 15.2 Å². The van der Waals surface area contributed by atoms with Crippen LogP contribution in [0.25, 0.3) is 0 Å². The fraction of sp³-hybridized carbons (Fsp3) is 0.750. The Labute approximate surface area is 112 Å². The molecule has 0 saturated heterocycles. The highest BCUT2D eigenvalue weighted by atomic mass is 16.6. The quantitative estimate of drug-likeness (QED) is 0.546. The molecule has 0 fully saturated rings. The normalized spacial score (nSPS) is 14.6. The highest BCUT2D eigenvalue weighted by Crippen LogP contribution is 2.08. The summed E-state index contributed by atoms with van der Waals surface area (Å²) in [5.41, 5.74) is -0.0617. The zero-order valence-electron chi connectivity index (χ0n) is 11.6. The third-order valence-corrected chi connectivity index (χ3v) is 2.76. The van der Waals surface area contributed by atoms with Gasteiger partial charge in [0.15, 0.2) is 0 Å². The lowest BCUT2D eigenvalue weighted by atomic mass is 10.1. The van der Waals surface area contributed by atoms with Crippen LogP contribution in [0.15, 0.2) is 12.4 Å². The minimum atomic E-state index is -0.617. The summed E-state index contributed by atoms with van der Waals surface area (Å²) in [6, 6.07) is 0.335. The molecular weight excluding hydrogens is 248 g/mol. The molecule has 0 saturated carbocycles. The van der Waals surface area contributed by atoms with E-state index in [0.29, 0.717) is 18.5 Å². The first-order valence-corrected chi connectivity index (χ1v) is 6.46. The number of hydrogen-bond donors (Lipinski definition) is 2.